The number of fused-ring (bicyclic) bond motifs is 1. The molecule has 0 fully saturated rings. The minimum absolute atomic E-state index is 0.0173. The Hall–Kier alpha value is -3.24. The van der Waals surface area contributed by atoms with Crippen molar-refractivity contribution in [2.75, 3.05) is 12.4 Å². The summed E-state index contributed by atoms with van der Waals surface area (Å²) in [7, 11) is -0.478. The summed E-state index contributed by atoms with van der Waals surface area (Å²) in [5.74, 6) is 0.128. The summed E-state index contributed by atoms with van der Waals surface area (Å²) < 4.78 is 29.0. The van der Waals surface area contributed by atoms with Gasteiger partial charge in [0.1, 0.15) is 5.82 Å². The molecule has 0 unspecified atom stereocenters. The fraction of sp³-hybridized carbons (Fsp3) is 0.318. The SMILES string of the molecule is CC(=O)Nc1ccc(S(=O)(=O)N(C)Cc2nc3cc(C(=O)NC(C)C)ccc3n2C)cc1. The fourth-order valence-corrected chi connectivity index (χ4v) is 4.38. The van der Waals surface area contributed by atoms with E-state index < -0.39 is 10.0 Å². The van der Waals surface area contributed by atoms with Crippen LogP contribution >= 0.6 is 0 Å². The number of imidazole rings is 1. The number of hydrogen-bond acceptors (Lipinski definition) is 5. The first-order valence-corrected chi connectivity index (χ1v) is 11.5. The molecule has 2 N–H and O–H groups in total. The number of hydrogen-bond donors (Lipinski definition) is 2. The molecule has 2 aromatic carbocycles. The van der Waals surface area contributed by atoms with E-state index in [1.54, 1.807) is 37.4 Å². The first kappa shape index (κ1) is 23.4. The standard InChI is InChI=1S/C22H27N5O4S/c1-14(2)23-22(29)16-6-11-20-19(12-16)25-21(27(20)5)13-26(4)32(30,31)18-9-7-17(8-10-18)24-15(3)28/h6-12,14H,13H2,1-5H3,(H,23,29)(H,24,28). The van der Waals surface area contributed by atoms with Crippen LogP contribution in [0.4, 0.5) is 5.69 Å². The zero-order valence-corrected chi connectivity index (χ0v) is 19.5. The van der Waals surface area contributed by atoms with Gasteiger partial charge in [-0.05, 0) is 56.3 Å². The molecule has 0 spiro atoms. The molecule has 0 aliphatic rings. The van der Waals surface area contributed by atoms with Gasteiger partial charge in [-0.1, -0.05) is 0 Å². The maximum absolute atomic E-state index is 13.0. The van der Waals surface area contributed by atoms with E-state index in [9.17, 15) is 18.0 Å². The Balaban J connectivity index is 1.83. The van der Waals surface area contributed by atoms with Crippen LogP contribution in [0.2, 0.25) is 0 Å². The highest BCUT2D eigenvalue weighted by molar-refractivity contribution is 7.89. The monoisotopic (exact) mass is 457 g/mol. The number of aromatic nitrogens is 2. The Morgan fingerprint density at radius 3 is 2.38 bits per heavy atom. The molecule has 1 aromatic heterocycles. The van der Waals surface area contributed by atoms with Crippen LogP contribution in [0.5, 0.6) is 0 Å². The Morgan fingerprint density at radius 1 is 1.12 bits per heavy atom. The number of rotatable bonds is 7. The summed E-state index contributed by atoms with van der Waals surface area (Å²) in [6.07, 6.45) is 0. The van der Waals surface area contributed by atoms with Gasteiger partial charge < -0.3 is 15.2 Å². The van der Waals surface area contributed by atoms with Crippen molar-refractivity contribution in [1.82, 2.24) is 19.2 Å². The number of carbonyl (C=O) groups excluding carboxylic acids is 2. The van der Waals surface area contributed by atoms with Crippen LogP contribution in [0.15, 0.2) is 47.4 Å². The summed E-state index contributed by atoms with van der Waals surface area (Å²) in [5, 5.41) is 5.45. The number of carbonyl (C=O) groups is 2. The fourth-order valence-electron chi connectivity index (χ4n) is 3.26. The molecule has 2 amide bonds. The Kier molecular flexibility index (Phi) is 6.65. The van der Waals surface area contributed by atoms with Gasteiger partial charge in [0, 0.05) is 38.3 Å². The largest absolute Gasteiger partial charge is 0.350 e. The highest BCUT2D eigenvalue weighted by Gasteiger charge is 2.23. The van der Waals surface area contributed by atoms with Crippen LogP contribution in [0.1, 0.15) is 37.0 Å². The van der Waals surface area contributed by atoms with Gasteiger partial charge in [0.25, 0.3) is 5.91 Å². The molecular formula is C22H27N5O4S. The molecule has 0 radical (unpaired) electrons. The van der Waals surface area contributed by atoms with E-state index in [4.69, 9.17) is 0 Å². The third-order valence-electron chi connectivity index (χ3n) is 4.90. The van der Waals surface area contributed by atoms with E-state index in [1.165, 1.54) is 30.4 Å². The average Bonchev–Trinajstić information content (AvgIpc) is 3.02. The van der Waals surface area contributed by atoms with Crippen molar-refractivity contribution in [3.05, 3.63) is 53.9 Å². The number of nitrogens with one attached hydrogen (secondary N) is 2. The van der Waals surface area contributed by atoms with Crippen LogP contribution in [-0.2, 0) is 28.4 Å². The van der Waals surface area contributed by atoms with Crippen molar-refractivity contribution in [1.29, 1.82) is 0 Å². The molecule has 1 heterocycles. The van der Waals surface area contributed by atoms with Crippen molar-refractivity contribution in [2.45, 2.75) is 38.3 Å². The minimum atomic E-state index is -3.77. The molecule has 0 saturated carbocycles. The number of benzene rings is 2. The molecule has 10 heteroatoms. The summed E-state index contributed by atoms with van der Waals surface area (Å²) in [6.45, 7) is 5.21. The predicted octanol–water partition coefficient (Wildman–Crippen LogP) is 2.49. The van der Waals surface area contributed by atoms with Gasteiger partial charge in [0.15, 0.2) is 0 Å². The normalized spacial score (nSPS) is 11.8. The minimum Gasteiger partial charge on any atom is -0.350 e. The first-order chi connectivity index (χ1) is 15.0. The van der Waals surface area contributed by atoms with Crippen molar-refractivity contribution in [2.24, 2.45) is 7.05 Å². The first-order valence-electron chi connectivity index (χ1n) is 10.1. The van der Waals surface area contributed by atoms with Gasteiger partial charge in [-0.25, -0.2) is 13.4 Å². The van der Waals surface area contributed by atoms with Crippen molar-refractivity contribution in [3.8, 4) is 0 Å². The lowest BCUT2D eigenvalue weighted by atomic mass is 10.2. The summed E-state index contributed by atoms with van der Waals surface area (Å²) in [5.41, 5.74) is 2.43. The van der Waals surface area contributed by atoms with E-state index in [0.717, 1.165) is 5.52 Å². The van der Waals surface area contributed by atoms with Crippen LogP contribution in [0.25, 0.3) is 11.0 Å². The van der Waals surface area contributed by atoms with Gasteiger partial charge in [-0.15, -0.1) is 0 Å². The quantitative estimate of drug-likeness (QED) is 0.566. The number of nitrogens with zero attached hydrogens (tertiary/aromatic N) is 3. The third-order valence-corrected chi connectivity index (χ3v) is 6.72. The van der Waals surface area contributed by atoms with E-state index >= 15 is 0 Å². The van der Waals surface area contributed by atoms with Crippen LogP contribution in [0.3, 0.4) is 0 Å². The van der Waals surface area contributed by atoms with Crippen molar-refractivity contribution >= 4 is 38.6 Å². The zero-order valence-electron chi connectivity index (χ0n) is 18.7. The van der Waals surface area contributed by atoms with Gasteiger partial charge in [0.2, 0.25) is 15.9 Å². The second kappa shape index (κ2) is 9.09. The van der Waals surface area contributed by atoms with Gasteiger partial charge in [-0.2, -0.15) is 4.31 Å². The lowest BCUT2D eigenvalue weighted by Gasteiger charge is -2.17. The van der Waals surface area contributed by atoms with E-state index in [2.05, 4.69) is 15.6 Å². The van der Waals surface area contributed by atoms with Gasteiger partial charge in [0.05, 0.1) is 22.5 Å². The van der Waals surface area contributed by atoms with Crippen molar-refractivity contribution < 1.29 is 18.0 Å². The molecule has 32 heavy (non-hydrogen) atoms. The summed E-state index contributed by atoms with van der Waals surface area (Å²) in [6, 6.07) is 11.2. The van der Waals surface area contributed by atoms with Crippen LogP contribution < -0.4 is 10.6 Å². The lowest BCUT2D eigenvalue weighted by Crippen LogP contribution is -2.29. The summed E-state index contributed by atoms with van der Waals surface area (Å²) in [4.78, 5) is 28.1. The molecule has 9 nitrogen and oxygen atoms in total. The molecule has 0 bridgehead atoms. The maximum Gasteiger partial charge on any atom is 0.251 e. The van der Waals surface area contributed by atoms with Gasteiger partial charge in [-0.3, -0.25) is 9.59 Å². The van der Waals surface area contributed by atoms with Crippen LogP contribution in [-0.4, -0.2) is 47.2 Å². The van der Waals surface area contributed by atoms with E-state index in [0.29, 0.717) is 22.6 Å². The molecule has 0 aliphatic heterocycles. The smallest absolute Gasteiger partial charge is 0.251 e. The van der Waals surface area contributed by atoms with Crippen LogP contribution in [0, 0.1) is 0 Å². The Morgan fingerprint density at radius 2 is 1.78 bits per heavy atom. The number of aryl methyl sites for hydroxylation is 1. The summed E-state index contributed by atoms with van der Waals surface area (Å²) >= 11 is 0. The van der Waals surface area contributed by atoms with Crippen molar-refractivity contribution in [3.63, 3.8) is 0 Å². The molecule has 0 saturated heterocycles. The second-order valence-corrected chi connectivity index (χ2v) is 9.93. The zero-order chi connectivity index (χ0) is 23.6. The average molecular weight is 458 g/mol. The molecule has 0 aliphatic carbocycles. The molecule has 170 valence electrons. The van der Waals surface area contributed by atoms with E-state index in [-0.39, 0.29) is 29.3 Å². The molecular weight excluding hydrogens is 430 g/mol. The number of anilines is 1. The maximum atomic E-state index is 13.0. The Bertz CT molecular complexity index is 1260. The van der Waals surface area contributed by atoms with Gasteiger partial charge >= 0.3 is 0 Å². The number of amides is 2. The second-order valence-electron chi connectivity index (χ2n) is 7.89. The predicted molar refractivity (Wildman–Crippen MR) is 123 cm³/mol. The molecule has 0 atom stereocenters. The topological polar surface area (TPSA) is 113 Å². The highest BCUT2D eigenvalue weighted by atomic mass is 32.2. The Labute approximate surface area is 187 Å². The molecule has 3 aromatic rings. The lowest BCUT2D eigenvalue weighted by molar-refractivity contribution is -0.114. The number of sulfonamides is 1. The highest BCUT2D eigenvalue weighted by Crippen LogP contribution is 2.22. The van der Waals surface area contributed by atoms with E-state index in [1.807, 2.05) is 18.4 Å². The third kappa shape index (κ3) is 4.97. The molecule has 3 rings (SSSR count).